The Labute approximate surface area is 106 Å². The van der Waals surface area contributed by atoms with Crippen molar-refractivity contribution >= 4 is 17.5 Å². The summed E-state index contributed by atoms with van der Waals surface area (Å²) >= 11 is 6.11. The van der Waals surface area contributed by atoms with E-state index >= 15 is 0 Å². The van der Waals surface area contributed by atoms with Gasteiger partial charge in [0.25, 0.3) is 0 Å². The van der Waals surface area contributed by atoms with E-state index in [0.717, 1.165) is 27.4 Å². The second-order valence-electron chi connectivity index (χ2n) is 4.38. The van der Waals surface area contributed by atoms with Crippen LogP contribution in [0.5, 0.6) is 0 Å². The van der Waals surface area contributed by atoms with Crippen LogP contribution in [-0.4, -0.2) is 5.16 Å². The van der Waals surface area contributed by atoms with Crippen LogP contribution in [0, 0.1) is 6.92 Å². The van der Waals surface area contributed by atoms with E-state index in [2.05, 4.69) is 19.0 Å². The molecular formula is C13H15ClN2O. The third kappa shape index (κ3) is 2.03. The topological polar surface area (TPSA) is 52.0 Å². The summed E-state index contributed by atoms with van der Waals surface area (Å²) in [7, 11) is 0. The molecule has 0 saturated carbocycles. The maximum absolute atomic E-state index is 6.11. The maximum atomic E-state index is 6.11. The highest BCUT2D eigenvalue weighted by Gasteiger charge is 2.20. The molecule has 1 aromatic carbocycles. The van der Waals surface area contributed by atoms with E-state index in [1.807, 2.05) is 25.1 Å². The van der Waals surface area contributed by atoms with Gasteiger partial charge < -0.3 is 10.3 Å². The fourth-order valence-electron chi connectivity index (χ4n) is 1.93. The van der Waals surface area contributed by atoms with Crippen molar-refractivity contribution in [2.24, 2.45) is 0 Å². The molecule has 4 heteroatoms. The molecule has 1 heterocycles. The summed E-state index contributed by atoms with van der Waals surface area (Å²) in [5.41, 5.74) is 9.50. The molecule has 0 atom stereocenters. The smallest absolute Gasteiger partial charge is 0.226 e. The number of nitrogens with zero attached hydrogens (tertiary/aromatic N) is 1. The molecule has 90 valence electrons. The lowest BCUT2D eigenvalue weighted by Crippen LogP contribution is -1.95. The molecule has 17 heavy (non-hydrogen) atoms. The Morgan fingerprint density at radius 2 is 2.06 bits per heavy atom. The summed E-state index contributed by atoms with van der Waals surface area (Å²) in [6.45, 7) is 6.09. The Kier molecular flexibility index (Phi) is 3.11. The van der Waals surface area contributed by atoms with Crippen LogP contribution in [0.2, 0.25) is 5.02 Å². The minimum Gasteiger partial charge on any atom is -0.367 e. The Morgan fingerprint density at radius 3 is 2.71 bits per heavy atom. The van der Waals surface area contributed by atoms with Crippen molar-refractivity contribution in [1.29, 1.82) is 0 Å². The number of aromatic nitrogens is 1. The molecule has 2 N–H and O–H groups in total. The van der Waals surface area contributed by atoms with Gasteiger partial charge >= 0.3 is 0 Å². The van der Waals surface area contributed by atoms with Gasteiger partial charge in [0.05, 0.1) is 0 Å². The van der Waals surface area contributed by atoms with Crippen molar-refractivity contribution in [1.82, 2.24) is 5.16 Å². The molecular weight excluding hydrogens is 236 g/mol. The molecule has 0 saturated heterocycles. The maximum Gasteiger partial charge on any atom is 0.226 e. The van der Waals surface area contributed by atoms with Crippen molar-refractivity contribution in [3.05, 3.63) is 34.3 Å². The lowest BCUT2D eigenvalue weighted by atomic mass is 9.96. The third-order valence-corrected chi connectivity index (χ3v) is 3.27. The molecule has 0 fully saturated rings. The predicted octanol–water partition coefficient (Wildman–Crippen LogP) is 4.01. The Morgan fingerprint density at radius 1 is 1.35 bits per heavy atom. The Bertz CT molecular complexity index is 546. The van der Waals surface area contributed by atoms with Gasteiger partial charge in [0, 0.05) is 16.1 Å². The lowest BCUT2D eigenvalue weighted by molar-refractivity contribution is 0.438. The van der Waals surface area contributed by atoms with Crippen LogP contribution in [0.25, 0.3) is 11.3 Å². The molecule has 0 spiro atoms. The van der Waals surface area contributed by atoms with Gasteiger partial charge in [0.15, 0.2) is 0 Å². The molecule has 0 aliphatic heterocycles. The van der Waals surface area contributed by atoms with Gasteiger partial charge in [-0.05, 0) is 24.5 Å². The van der Waals surface area contributed by atoms with Crippen LogP contribution >= 0.6 is 11.6 Å². The average Bonchev–Trinajstić information content (AvgIpc) is 2.64. The molecule has 1 aromatic heterocycles. The Hall–Kier alpha value is -1.48. The molecule has 0 bridgehead atoms. The Balaban J connectivity index is 2.65. The fraction of sp³-hybridized carbons (Fsp3) is 0.308. The van der Waals surface area contributed by atoms with Crippen molar-refractivity contribution < 1.29 is 4.52 Å². The number of benzene rings is 1. The van der Waals surface area contributed by atoms with Crippen molar-refractivity contribution in [2.45, 2.75) is 26.7 Å². The highest BCUT2D eigenvalue weighted by Crippen LogP contribution is 2.36. The molecule has 0 radical (unpaired) electrons. The standard InChI is InChI=1S/C13H15ClN2O/c1-7(2)11-12(16-17-13(11)15)9-5-4-6-10(14)8(9)3/h4-7H,15H2,1-3H3. The number of hydrogen-bond donors (Lipinski definition) is 1. The van der Waals surface area contributed by atoms with Crippen LogP contribution in [0.15, 0.2) is 22.7 Å². The van der Waals surface area contributed by atoms with Crippen molar-refractivity contribution in [2.75, 3.05) is 5.73 Å². The number of nitrogen functional groups attached to an aromatic ring is 1. The average molecular weight is 251 g/mol. The zero-order valence-corrected chi connectivity index (χ0v) is 10.9. The van der Waals surface area contributed by atoms with E-state index in [0.29, 0.717) is 5.88 Å². The minimum absolute atomic E-state index is 0.259. The normalized spacial score (nSPS) is 11.1. The second-order valence-corrected chi connectivity index (χ2v) is 4.78. The number of halogens is 1. The van der Waals surface area contributed by atoms with E-state index in [1.165, 1.54) is 0 Å². The summed E-state index contributed by atoms with van der Waals surface area (Å²) in [5.74, 6) is 0.643. The zero-order valence-electron chi connectivity index (χ0n) is 10.1. The summed E-state index contributed by atoms with van der Waals surface area (Å²) in [4.78, 5) is 0. The summed E-state index contributed by atoms with van der Waals surface area (Å²) < 4.78 is 5.09. The number of nitrogens with two attached hydrogens (primary N) is 1. The first kappa shape index (κ1) is 12.0. The molecule has 0 aliphatic rings. The highest BCUT2D eigenvalue weighted by molar-refractivity contribution is 6.31. The third-order valence-electron chi connectivity index (χ3n) is 2.86. The van der Waals surface area contributed by atoms with E-state index in [1.54, 1.807) is 0 Å². The van der Waals surface area contributed by atoms with Crippen LogP contribution in [-0.2, 0) is 0 Å². The number of rotatable bonds is 2. The van der Waals surface area contributed by atoms with Crippen LogP contribution in [0.3, 0.4) is 0 Å². The summed E-state index contributed by atoms with van der Waals surface area (Å²) in [6, 6.07) is 5.74. The van der Waals surface area contributed by atoms with Gasteiger partial charge in [-0.15, -0.1) is 0 Å². The van der Waals surface area contributed by atoms with Gasteiger partial charge in [-0.1, -0.05) is 42.7 Å². The molecule has 0 aliphatic carbocycles. The summed E-state index contributed by atoms with van der Waals surface area (Å²) in [6.07, 6.45) is 0. The first-order chi connectivity index (χ1) is 8.02. The molecule has 0 amide bonds. The SMILES string of the molecule is Cc1c(Cl)cccc1-c1noc(N)c1C(C)C. The van der Waals surface area contributed by atoms with E-state index in [9.17, 15) is 0 Å². The second kappa shape index (κ2) is 4.41. The van der Waals surface area contributed by atoms with Crippen LogP contribution < -0.4 is 5.73 Å². The van der Waals surface area contributed by atoms with Gasteiger partial charge in [0.1, 0.15) is 5.69 Å². The largest absolute Gasteiger partial charge is 0.367 e. The zero-order chi connectivity index (χ0) is 12.6. The lowest BCUT2D eigenvalue weighted by Gasteiger charge is -2.08. The van der Waals surface area contributed by atoms with Crippen LogP contribution in [0.1, 0.15) is 30.9 Å². The number of hydrogen-bond acceptors (Lipinski definition) is 3. The van der Waals surface area contributed by atoms with E-state index < -0.39 is 0 Å². The first-order valence-corrected chi connectivity index (χ1v) is 5.90. The van der Waals surface area contributed by atoms with Crippen molar-refractivity contribution in [3.8, 4) is 11.3 Å². The molecule has 3 nitrogen and oxygen atoms in total. The predicted molar refractivity (Wildman–Crippen MR) is 70.2 cm³/mol. The molecule has 0 unspecified atom stereocenters. The quantitative estimate of drug-likeness (QED) is 0.876. The van der Waals surface area contributed by atoms with E-state index in [-0.39, 0.29) is 5.92 Å². The van der Waals surface area contributed by atoms with Gasteiger partial charge in [-0.2, -0.15) is 0 Å². The highest BCUT2D eigenvalue weighted by atomic mass is 35.5. The van der Waals surface area contributed by atoms with Crippen LogP contribution in [0.4, 0.5) is 5.88 Å². The minimum atomic E-state index is 0.259. The number of anilines is 1. The van der Waals surface area contributed by atoms with Crippen molar-refractivity contribution in [3.63, 3.8) is 0 Å². The molecule has 2 aromatic rings. The summed E-state index contributed by atoms with van der Waals surface area (Å²) in [5, 5.41) is 4.77. The fourth-order valence-corrected chi connectivity index (χ4v) is 2.10. The van der Waals surface area contributed by atoms with E-state index in [4.69, 9.17) is 21.9 Å². The van der Waals surface area contributed by atoms with Gasteiger partial charge in [0.2, 0.25) is 5.88 Å². The first-order valence-electron chi connectivity index (χ1n) is 5.53. The van der Waals surface area contributed by atoms with Gasteiger partial charge in [-0.3, -0.25) is 0 Å². The molecule has 2 rings (SSSR count). The monoisotopic (exact) mass is 250 g/mol. The van der Waals surface area contributed by atoms with Gasteiger partial charge in [-0.25, -0.2) is 0 Å².